The molecule has 2 aromatic rings. The van der Waals surface area contributed by atoms with E-state index in [4.69, 9.17) is 11.0 Å². The lowest BCUT2D eigenvalue weighted by Crippen LogP contribution is -2.47. The van der Waals surface area contributed by atoms with Crippen molar-refractivity contribution in [2.45, 2.75) is 25.1 Å². The molecule has 0 saturated carbocycles. The van der Waals surface area contributed by atoms with Crippen LogP contribution in [0.2, 0.25) is 0 Å². The predicted octanol–water partition coefficient (Wildman–Crippen LogP) is 3.73. The Bertz CT molecular complexity index is 1300. The van der Waals surface area contributed by atoms with Crippen LogP contribution in [-0.4, -0.2) is 30.4 Å². The number of nitrogens with two attached hydrogens (primary N) is 1. The van der Waals surface area contributed by atoms with Gasteiger partial charge in [0.15, 0.2) is 5.50 Å². The molecule has 0 radical (unpaired) electrons. The molecule has 0 spiro atoms. The molecule has 7 nitrogen and oxygen atoms in total. The highest BCUT2D eigenvalue weighted by Gasteiger charge is 2.43. The highest BCUT2D eigenvalue weighted by molar-refractivity contribution is 8.04. The molecule has 3 rings (SSSR count). The normalized spacial score (nSPS) is 16.5. The van der Waals surface area contributed by atoms with Crippen LogP contribution in [0.15, 0.2) is 53.1 Å². The second kappa shape index (κ2) is 9.19. The van der Waals surface area contributed by atoms with Crippen LogP contribution in [0.4, 0.5) is 23.2 Å². The average Bonchev–Trinajstić information content (AvgIpc) is 3.09. The maximum atomic E-state index is 14.2. The molecule has 1 amide bonds. The van der Waals surface area contributed by atoms with E-state index in [9.17, 15) is 30.8 Å². The Labute approximate surface area is 197 Å². The summed E-state index contributed by atoms with van der Waals surface area (Å²) in [5.41, 5.74) is 3.47. The first kappa shape index (κ1) is 25.4. The molecule has 34 heavy (non-hydrogen) atoms. The topological polar surface area (TPSA) is 108 Å². The van der Waals surface area contributed by atoms with E-state index in [0.29, 0.717) is 22.2 Å². The number of carbonyl (C=O) groups is 1. The van der Waals surface area contributed by atoms with E-state index in [1.54, 1.807) is 0 Å². The first-order valence-electron chi connectivity index (χ1n) is 9.53. The van der Waals surface area contributed by atoms with Crippen molar-refractivity contribution in [1.29, 1.82) is 5.26 Å². The lowest BCUT2D eigenvalue weighted by Gasteiger charge is -2.36. The Morgan fingerprint density at radius 2 is 1.85 bits per heavy atom. The Morgan fingerprint density at radius 1 is 1.24 bits per heavy atom. The second-order valence-electron chi connectivity index (χ2n) is 7.37. The number of allylic oxidation sites excluding steroid dienone is 1. The number of hydrogen-bond donors (Lipinski definition) is 1. The van der Waals surface area contributed by atoms with Gasteiger partial charge in [-0.25, -0.2) is 17.1 Å². The van der Waals surface area contributed by atoms with Gasteiger partial charge in [0.25, 0.3) is 5.91 Å². The Kier molecular flexibility index (Phi) is 6.86. The third-order valence-corrected chi connectivity index (χ3v) is 7.37. The summed E-state index contributed by atoms with van der Waals surface area (Å²) >= 11 is 0.993. The molecule has 1 aliphatic rings. The van der Waals surface area contributed by atoms with Crippen molar-refractivity contribution >= 4 is 33.4 Å². The van der Waals surface area contributed by atoms with Crippen molar-refractivity contribution in [2.24, 2.45) is 5.73 Å². The van der Waals surface area contributed by atoms with Gasteiger partial charge < -0.3 is 10.6 Å². The number of rotatable bonds is 6. The van der Waals surface area contributed by atoms with Crippen LogP contribution in [0.25, 0.3) is 0 Å². The summed E-state index contributed by atoms with van der Waals surface area (Å²) in [6.07, 6.45) is -3.99. The second-order valence-corrected chi connectivity index (χ2v) is 10.5. The van der Waals surface area contributed by atoms with Crippen molar-refractivity contribution in [3.05, 3.63) is 75.6 Å². The molecule has 0 aromatic heterocycles. The molecule has 1 heterocycles. The minimum atomic E-state index is -4.87. The largest absolute Gasteiger partial charge is 0.419 e. The monoisotopic (exact) mass is 514 g/mol. The smallest absolute Gasteiger partial charge is 0.364 e. The minimum absolute atomic E-state index is 0.120. The fraction of sp³-hybridized carbons (Fsp3) is 0.238. The van der Waals surface area contributed by atoms with Crippen molar-refractivity contribution in [2.75, 3.05) is 11.2 Å². The summed E-state index contributed by atoms with van der Waals surface area (Å²) in [4.78, 5) is 13.8. The standard InChI is InChI=1S/C21H18F4N4O3S2/c1-12-18(19(27)30)29(34(2,31)32)20(33-12)28(15-6-3-13(10-26)4-7-15)11-14-5-8-16(17(22)9-14)21(23,24)25/h3-9,20H,11H2,1-2H3,(H2,27,30). The Hall–Kier alpha value is -3.24. The van der Waals surface area contributed by atoms with E-state index in [1.807, 2.05) is 6.07 Å². The minimum Gasteiger partial charge on any atom is -0.364 e. The zero-order valence-corrected chi connectivity index (χ0v) is 19.4. The van der Waals surface area contributed by atoms with Crippen LogP contribution in [0, 0.1) is 17.1 Å². The van der Waals surface area contributed by atoms with Gasteiger partial charge >= 0.3 is 6.18 Å². The molecule has 2 N–H and O–H groups in total. The van der Waals surface area contributed by atoms with E-state index in [2.05, 4.69) is 0 Å². The van der Waals surface area contributed by atoms with Gasteiger partial charge in [-0.05, 0) is 48.9 Å². The van der Waals surface area contributed by atoms with Crippen molar-refractivity contribution in [1.82, 2.24) is 4.31 Å². The molecule has 0 bridgehead atoms. The van der Waals surface area contributed by atoms with Gasteiger partial charge in [-0.1, -0.05) is 17.8 Å². The van der Waals surface area contributed by atoms with Gasteiger partial charge in [0.05, 0.1) is 23.5 Å². The molecule has 0 fully saturated rings. The number of halogens is 4. The zero-order chi connectivity index (χ0) is 25.4. The van der Waals surface area contributed by atoms with Gasteiger partial charge in [0.1, 0.15) is 11.5 Å². The molecule has 180 valence electrons. The van der Waals surface area contributed by atoms with Crippen LogP contribution in [0.1, 0.15) is 23.6 Å². The quantitative estimate of drug-likeness (QED) is 0.589. The van der Waals surface area contributed by atoms with E-state index < -0.39 is 39.0 Å². The summed E-state index contributed by atoms with van der Waals surface area (Å²) in [6, 6.07) is 10.3. The van der Waals surface area contributed by atoms with Crippen LogP contribution in [0.3, 0.4) is 0 Å². The number of anilines is 1. The molecular formula is C21H18F4N4O3S2. The van der Waals surface area contributed by atoms with E-state index >= 15 is 0 Å². The SMILES string of the molecule is CC1=C(C(N)=O)N(S(C)(=O)=O)C(N(Cc2ccc(C(F)(F)F)c(F)c2)c2ccc(C#N)cc2)S1. The molecule has 1 aliphatic heterocycles. The first-order chi connectivity index (χ1) is 15.7. The number of thioether (sulfide) groups is 1. The molecule has 1 atom stereocenters. The van der Waals surface area contributed by atoms with Crippen molar-refractivity contribution in [3.8, 4) is 6.07 Å². The number of nitriles is 1. The number of benzene rings is 2. The predicted molar refractivity (Wildman–Crippen MR) is 119 cm³/mol. The summed E-state index contributed by atoms with van der Waals surface area (Å²) in [5, 5.41) is 9.07. The third kappa shape index (κ3) is 5.13. The molecular weight excluding hydrogens is 496 g/mol. The van der Waals surface area contributed by atoms with Gasteiger partial charge in [-0.3, -0.25) is 4.79 Å². The number of sulfonamides is 1. The highest BCUT2D eigenvalue weighted by Crippen LogP contribution is 2.43. The van der Waals surface area contributed by atoms with Crippen LogP contribution in [0.5, 0.6) is 0 Å². The van der Waals surface area contributed by atoms with E-state index in [1.165, 1.54) is 36.1 Å². The maximum Gasteiger partial charge on any atom is 0.419 e. The number of primary amides is 1. The summed E-state index contributed by atoms with van der Waals surface area (Å²) in [6.45, 7) is 1.29. The van der Waals surface area contributed by atoms with Gasteiger partial charge in [0, 0.05) is 17.1 Å². The molecule has 2 aromatic carbocycles. The Morgan fingerprint density at radius 3 is 2.32 bits per heavy atom. The van der Waals surface area contributed by atoms with Crippen LogP contribution in [-0.2, 0) is 27.5 Å². The lowest BCUT2D eigenvalue weighted by molar-refractivity contribution is -0.140. The fourth-order valence-electron chi connectivity index (χ4n) is 3.44. The zero-order valence-electron chi connectivity index (χ0n) is 17.8. The van der Waals surface area contributed by atoms with E-state index in [-0.39, 0.29) is 17.8 Å². The van der Waals surface area contributed by atoms with Gasteiger partial charge in [-0.2, -0.15) is 18.4 Å². The van der Waals surface area contributed by atoms with Gasteiger partial charge in [0.2, 0.25) is 10.0 Å². The van der Waals surface area contributed by atoms with Crippen LogP contribution < -0.4 is 10.6 Å². The average molecular weight is 515 g/mol. The number of amides is 1. The van der Waals surface area contributed by atoms with Crippen molar-refractivity contribution in [3.63, 3.8) is 0 Å². The fourth-order valence-corrected chi connectivity index (χ4v) is 6.24. The third-order valence-electron chi connectivity index (χ3n) is 4.91. The van der Waals surface area contributed by atoms with E-state index in [0.717, 1.165) is 34.5 Å². The molecule has 0 aliphatic carbocycles. The Balaban J connectivity index is 2.11. The maximum absolute atomic E-state index is 14.2. The lowest BCUT2D eigenvalue weighted by atomic mass is 10.1. The number of carbonyl (C=O) groups excluding carboxylic acids is 1. The first-order valence-corrected chi connectivity index (χ1v) is 12.3. The molecule has 13 heteroatoms. The van der Waals surface area contributed by atoms with Crippen LogP contribution >= 0.6 is 11.8 Å². The number of alkyl halides is 3. The highest BCUT2D eigenvalue weighted by atomic mass is 32.2. The van der Waals surface area contributed by atoms with Gasteiger partial charge in [-0.15, -0.1) is 0 Å². The molecule has 0 saturated heterocycles. The van der Waals surface area contributed by atoms with Crippen molar-refractivity contribution < 1.29 is 30.8 Å². The number of nitrogens with zero attached hydrogens (tertiary/aromatic N) is 3. The summed E-state index contributed by atoms with van der Waals surface area (Å²) in [5.74, 6) is -2.45. The molecule has 1 unspecified atom stereocenters. The number of hydrogen-bond acceptors (Lipinski definition) is 6. The summed E-state index contributed by atoms with van der Waals surface area (Å²) < 4.78 is 79.2. The summed E-state index contributed by atoms with van der Waals surface area (Å²) in [7, 11) is -4.03.